The van der Waals surface area contributed by atoms with Gasteiger partial charge in [-0.2, -0.15) is 9.87 Å². The predicted molar refractivity (Wildman–Crippen MR) is 132 cm³/mol. The van der Waals surface area contributed by atoms with Gasteiger partial charge in [-0.3, -0.25) is 0 Å². The van der Waals surface area contributed by atoms with Crippen LogP contribution in [0.15, 0.2) is 12.1 Å². The summed E-state index contributed by atoms with van der Waals surface area (Å²) in [5.74, 6) is -2.20. The van der Waals surface area contributed by atoms with Gasteiger partial charge in [0.25, 0.3) is 6.01 Å². The molecule has 0 bridgehead atoms. The van der Waals surface area contributed by atoms with Crippen molar-refractivity contribution in [3.05, 3.63) is 12.1 Å². The van der Waals surface area contributed by atoms with Gasteiger partial charge >= 0.3 is 0 Å². The molecule has 242 valence electrons. The maximum atomic E-state index is 14.1. The van der Waals surface area contributed by atoms with Gasteiger partial charge in [0, 0.05) is 19.0 Å². The Kier molecular flexibility index (Phi) is 13.1. The van der Waals surface area contributed by atoms with E-state index >= 15 is 0 Å². The third kappa shape index (κ3) is 7.84. The lowest BCUT2D eigenvalue weighted by molar-refractivity contribution is -0.393. The first-order valence-electron chi connectivity index (χ1n) is 13.1. The largest absolute Gasteiger partial charge is 0.394 e. The Morgan fingerprint density at radius 3 is 2.17 bits per heavy atom. The Hall–Kier alpha value is -1.77. The molecule has 3 rings (SSSR count). The van der Waals surface area contributed by atoms with Crippen molar-refractivity contribution in [3.63, 3.8) is 0 Å². The maximum Gasteiger partial charge on any atom is 0.298 e. The smallest absolute Gasteiger partial charge is 0.298 e. The monoisotopic (exact) mass is 614 g/mol. The summed E-state index contributed by atoms with van der Waals surface area (Å²) in [4.78, 5) is 9.52. The lowest BCUT2D eigenvalue weighted by Gasteiger charge is -2.48. The number of nitrogens with one attached hydrogen (secondary N) is 2. The minimum absolute atomic E-state index is 0.272. The van der Waals surface area contributed by atoms with E-state index < -0.39 is 111 Å². The number of aliphatic hydroxyl groups is 8. The second-order valence-corrected chi connectivity index (χ2v) is 9.91. The molecule has 15 atom stereocenters. The molecule has 0 saturated carbocycles. The predicted octanol–water partition coefficient (Wildman–Crippen LogP) is -4.96. The summed E-state index contributed by atoms with van der Waals surface area (Å²) in [5.41, 5.74) is 4.23. The van der Waals surface area contributed by atoms with Crippen LogP contribution < -0.4 is 11.0 Å². The van der Waals surface area contributed by atoms with Gasteiger partial charge in [0.2, 0.25) is 0 Å². The number of halogens is 1. The van der Waals surface area contributed by atoms with E-state index in [1.165, 1.54) is 14.0 Å². The van der Waals surface area contributed by atoms with Gasteiger partial charge in [0.15, 0.2) is 18.9 Å². The lowest BCUT2D eigenvalue weighted by Crippen LogP contribution is -2.65. The van der Waals surface area contributed by atoms with Gasteiger partial charge < -0.3 is 74.2 Å². The average molecular weight is 615 g/mol. The van der Waals surface area contributed by atoms with Crippen LogP contribution in [0.4, 0.5) is 4.39 Å². The fourth-order valence-electron chi connectivity index (χ4n) is 4.99. The van der Waals surface area contributed by atoms with Crippen LogP contribution in [0.2, 0.25) is 0 Å². The van der Waals surface area contributed by atoms with Crippen LogP contribution in [-0.2, 0) is 33.4 Å². The molecule has 10 N–H and O–H groups in total. The van der Waals surface area contributed by atoms with Crippen molar-refractivity contribution in [1.82, 2.24) is 11.0 Å². The van der Waals surface area contributed by atoms with Crippen molar-refractivity contribution in [1.29, 1.82) is 0 Å². The Bertz CT molecular complexity index is 914. The molecule has 0 aromatic rings. The quantitative estimate of drug-likeness (QED) is 0.0428. The van der Waals surface area contributed by atoms with E-state index in [-0.39, 0.29) is 6.61 Å². The fourth-order valence-corrected chi connectivity index (χ4v) is 4.99. The Labute approximate surface area is 240 Å². The molecule has 0 aromatic heterocycles. The number of hydrogen-bond donors (Lipinski definition) is 10. The first-order chi connectivity index (χ1) is 20.0. The van der Waals surface area contributed by atoms with Crippen LogP contribution in [0.3, 0.4) is 0 Å². The van der Waals surface area contributed by atoms with E-state index in [0.29, 0.717) is 0 Å². The normalized spacial score (nSPS) is 44.8. The molecule has 3 aliphatic heterocycles. The van der Waals surface area contributed by atoms with Crippen molar-refractivity contribution >= 4 is 0 Å². The number of terminal acetylenes is 1. The minimum Gasteiger partial charge on any atom is -0.394 e. The van der Waals surface area contributed by atoms with E-state index in [0.717, 1.165) is 6.08 Å². The number of hydroxylamine groups is 2. The minimum atomic E-state index is -2.00. The van der Waals surface area contributed by atoms with Gasteiger partial charge in [-0.05, 0) is 13.0 Å². The highest BCUT2D eigenvalue weighted by Gasteiger charge is 2.53. The van der Waals surface area contributed by atoms with Crippen molar-refractivity contribution in [3.8, 4) is 12.5 Å². The molecular formula is C24H39FN2O15. The number of rotatable bonds is 12. The zero-order chi connectivity index (χ0) is 31.1. The molecule has 0 aromatic carbocycles. The van der Waals surface area contributed by atoms with E-state index in [2.05, 4.69) is 10.3 Å². The highest BCUT2D eigenvalue weighted by molar-refractivity contribution is 5.03. The average Bonchev–Trinajstić information content (AvgIpc) is 2.97. The summed E-state index contributed by atoms with van der Waals surface area (Å²) in [5, 5.41) is 83.3. The highest BCUT2D eigenvalue weighted by atomic mass is 19.1. The van der Waals surface area contributed by atoms with Gasteiger partial charge in [0.05, 0.1) is 44.1 Å². The molecule has 18 heteroatoms. The summed E-state index contributed by atoms with van der Waals surface area (Å²) >= 11 is 0. The molecule has 42 heavy (non-hydrogen) atoms. The fraction of sp³-hybridized carbons (Fsp3) is 0.833. The molecule has 3 heterocycles. The number of aliphatic hydroxyl groups excluding tert-OH is 8. The summed E-state index contributed by atoms with van der Waals surface area (Å²) < 4.78 is 41.8. The molecule has 3 fully saturated rings. The molecule has 0 aliphatic carbocycles. The van der Waals surface area contributed by atoms with E-state index in [1.54, 1.807) is 0 Å². The molecule has 0 spiro atoms. The molecule has 0 amide bonds. The van der Waals surface area contributed by atoms with Crippen molar-refractivity contribution in [2.45, 2.75) is 86.8 Å². The van der Waals surface area contributed by atoms with Crippen LogP contribution in [0.5, 0.6) is 0 Å². The summed E-state index contributed by atoms with van der Waals surface area (Å²) in [6, 6.07) is 0.646. The van der Waals surface area contributed by atoms with Crippen LogP contribution in [0, 0.1) is 24.3 Å². The summed E-state index contributed by atoms with van der Waals surface area (Å²) in [6.07, 6.45) is -14.5. The van der Waals surface area contributed by atoms with E-state index in [9.17, 15) is 45.2 Å². The van der Waals surface area contributed by atoms with Gasteiger partial charge in [-0.15, -0.1) is 0 Å². The molecule has 17 nitrogen and oxygen atoms in total. The van der Waals surface area contributed by atoms with Crippen LogP contribution >= 0.6 is 0 Å². The Morgan fingerprint density at radius 2 is 1.55 bits per heavy atom. The summed E-state index contributed by atoms with van der Waals surface area (Å²) in [7, 11) is 1.44. The van der Waals surface area contributed by atoms with Crippen LogP contribution in [-0.4, -0.2) is 148 Å². The van der Waals surface area contributed by atoms with Gasteiger partial charge in [-0.1, -0.05) is 6.42 Å². The Balaban J connectivity index is 1.74. The molecule has 0 radical (unpaired) electrons. The third-order valence-corrected chi connectivity index (χ3v) is 7.27. The van der Waals surface area contributed by atoms with Crippen LogP contribution in [0.25, 0.3) is 0 Å². The second-order valence-electron chi connectivity index (χ2n) is 9.91. The SMILES string of the molecule is C#CNO/C(F)=C/C1[C@@H](O)[C@H](O[C@@H]2OC(O)[C@@H](O[C@H]3OC(CO)[C@@H](O)[C@H](O)C3CONC)[C@H](O)C2O)C(CO)O[C@@H]1C. The summed E-state index contributed by atoms with van der Waals surface area (Å²) in [6.45, 7) is -0.154. The zero-order valence-corrected chi connectivity index (χ0v) is 22.7. The lowest BCUT2D eigenvalue weighted by atomic mass is 9.87. The second kappa shape index (κ2) is 15.8. The van der Waals surface area contributed by atoms with Crippen molar-refractivity contribution in [2.75, 3.05) is 26.9 Å². The van der Waals surface area contributed by atoms with Crippen molar-refractivity contribution in [2.24, 2.45) is 11.8 Å². The Morgan fingerprint density at radius 1 is 0.881 bits per heavy atom. The topological polar surface area (TPSA) is 251 Å². The zero-order valence-electron chi connectivity index (χ0n) is 22.7. The standard InChI is InChI=1S/C24H39FN2O15/c1-4-27-42-14(25)5-10-9(2)37-13(7-29)20(16(10)31)39-24-19(34)18(33)21(22(35)41-24)40-23-11(8-36-26-3)15(30)17(32)12(6-28)38-23/h1,5,9-13,15-24,26-35H,6-8H2,2-3H3/b14-5+/t9-,10?,11?,12?,13?,15-,16-,17-,18-,19?,20-,21+,22?,23-,24-/m1/s1. The first-order valence-corrected chi connectivity index (χ1v) is 13.1. The van der Waals surface area contributed by atoms with Gasteiger partial charge in [0.1, 0.15) is 42.7 Å². The highest BCUT2D eigenvalue weighted by Crippen LogP contribution is 2.35. The van der Waals surface area contributed by atoms with Gasteiger partial charge in [-0.25, -0.2) is 5.48 Å². The number of hydrogen-bond acceptors (Lipinski definition) is 17. The molecular weight excluding hydrogens is 575 g/mol. The van der Waals surface area contributed by atoms with E-state index in [1.807, 2.05) is 11.5 Å². The van der Waals surface area contributed by atoms with Crippen molar-refractivity contribution < 1.29 is 78.6 Å². The molecule has 3 aliphatic rings. The van der Waals surface area contributed by atoms with Crippen LogP contribution in [0.1, 0.15) is 6.92 Å². The maximum absolute atomic E-state index is 14.1. The molecule has 6 unspecified atom stereocenters. The van der Waals surface area contributed by atoms with E-state index in [4.69, 9.17) is 34.9 Å². The first kappa shape index (κ1) is 34.7. The third-order valence-electron chi connectivity index (χ3n) is 7.27. The number of ether oxygens (including phenoxy) is 5. The molecule has 3 saturated heterocycles.